The standard InChI is InChI=1S/C12H18N2O4S3/c1-3-19-9-6-4-5-8(9)14-21(16,17)12-10(11(15)18-2)13-7-20-12/h7-9,14H,3-6H2,1-2H3. The fourth-order valence-corrected chi connectivity index (χ4v) is 6.13. The molecule has 0 radical (unpaired) electrons. The molecule has 0 bridgehead atoms. The van der Waals surface area contributed by atoms with E-state index in [1.807, 2.05) is 0 Å². The van der Waals surface area contributed by atoms with E-state index in [9.17, 15) is 13.2 Å². The van der Waals surface area contributed by atoms with Crippen molar-refractivity contribution in [2.45, 2.75) is 41.7 Å². The van der Waals surface area contributed by atoms with Crippen molar-refractivity contribution in [3.8, 4) is 0 Å². The largest absolute Gasteiger partial charge is 0.464 e. The number of methoxy groups -OCH3 is 1. The van der Waals surface area contributed by atoms with Crippen LogP contribution in [0.4, 0.5) is 0 Å². The molecule has 21 heavy (non-hydrogen) atoms. The number of thiazole rings is 1. The molecule has 2 atom stereocenters. The first-order valence-electron chi connectivity index (χ1n) is 6.65. The summed E-state index contributed by atoms with van der Waals surface area (Å²) >= 11 is 2.70. The first kappa shape index (κ1) is 16.7. The number of esters is 1. The van der Waals surface area contributed by atoms with Crippen LogP contribution in [0.15, 0.2) is 9.72 Å². The Morgan fingerprint density at radius 1 is 1.57 bits per heavy atom. The summed E-state index contributed by atoms with van der Waals surface area (Å²) in [6, 6.07) is -0.0902. The molecule has 1 aromatic rings. The number of carbonyl (C=O) groups excluding carboxylic acids is 1. The first-order chi connectivity index (χ1) is 9.99. The molecule has 0 amide bonds. The van der Waals surface area contributed by atoms with Crippen molar-refractivity contribution in [1.82, 2.24) is 9.71 Å². The summed E-state index contributed by atoms with van der Waals surface area (Å²) in [5.41, 5.74) is 1.20. The number of ether oxygens (including phenoxy) is 1. The number of thioether (sulfide) groups is 1. The van der Waals surface area contributed by atoms with Crippen molar-refractivity contribution < 1.29 is 17.9 Å². The van der Waals surface area contributed by atoms with E-state index in [1.165, 1.54) is 12.6 Å². The van der Waals surface area contributed by atoms with E-state index in [-0.39, 0.29) is 15.9 Å². The van der Waals surface area contributed by atoms with Gasteiger partial charge in [-0.15, -0.1) is 11.3 Å². The molecular weight excluding hydrogens is 332 g/mol. The molecule has 0 aromatic carbocycles. The third kappa shape index (κ3) is 3.77. The number of carbonyl (C=O) groups is 1. The molecule has 118 valence electrons. The van der Waals surface area contributed by atoms with Crippen LogP contribution in [0.3, 0.4) is 0 Å². The smallest absolute Gasteiger partial charge is 0.358 e. The summed E-state index contributed by atoms with van der Waals surface area (Å²) in [7, 11) is -2.54. The fraction of sp³-hybridized carbons (Fsp3) is 0.667. The average Bonchev–Trinajstić information content (AvgIpc) is 3.08. The van der Waals surface area contributed by atoms with Gasteiger partial charge in [0, 0.05) is 11.3 Å². The van der Waals surface area contributed by atoms with Gasteiger partial charge in [-0.05, 0) is 18.6 Å². The highest BCUT2D eigenvalue weighted by molar-refractivity contribution is 8.00. The Morgan fingerprint density at radius 2 is 2.33 bits per heavy atom. The van der Waals surface area contributed by atoms with Crippen LogP contribution < -0.4 is 4.72 Å². The zero-order valence-electron chi connectivity index (χ0n) is 11.9. The minimum absolute atomic E-state index is 0.0681. The van der Waals surface area contributed by atoms with Crippen LogP contribution in [0.5, 0.6) is 0 Å². The predicted octanol–water partition coefficient (Wildman–Crippen LogP) is 1.88. The van der Waals surface area contributed by atoms with Gasteiger partial charge in [-0.2, -0.15) is 11.8 Å². The monoisotopic (exact) mass is 350 g/mol. The lowest BCUT2D eigenvalue weighted by Gasteiger charge is -2.19. The van der Waals surface area contributed by atoms with E-state index in [0.29, 0.717) is 5.25 Å². The molecule has 1 aliphatic carbocycles. The summed E-state index contributed by atoms with van der Waals surface area (Å²) in [4.78, 5) is 15.4. The number of hydrogen-bond acceptors (Lipinski definition) is 7. The van der Waals surface area contributed by atoms with Crippen molar-refractivity contribution >= 4 is 39.1 Å². The molecule has 6 nitrogen and oxygen atoms in total. The SMILES string of the molecule is CCSC1CCCC1NS(=O)(=O)c1scnc1C(=O)OC. The second kappa shape index (κ2) is 7.08. The van der Waals surface area contributed by atoms with Gasteiger partial charge in [0.05, 0.1) is 12.6 Å². The maximum atomic E-state index is 12.5. The second-order valence-corrected chi connectivity index (χ2v) is 8.91. The summed E-state index contributed by atoms with van der Waals surface area (Å²) in [6.45, 7) is 2.06. The third-order valence-electron chi connectivity index (χ3n) is 3.30. The molecule has 1 heterocycles. The molecule has 2 unspecified atom stereocenters. The van der Waals surface area contributed by atoms with Crippen molar-refractivity contribution in [3.63, 3.8) is 0 Å². The third-order valence-corrected chi connectivity index (χ3v) is 7.48. The fourth-order valence-electron chi connectivity index (χ4n) is 2.39. The Kier molecular flexibility index (Phi) is 5.64. The molecule has 1 fully saturated rings. The maximum absolute atomic E-state index is 12.5. The Balaban J connectivity index is 2.19. The second-order valence-electron chi connectivity index (χ2n) is 4.63. The Bertz CT molecular complexity index is 599. The number of sulfonamides is 1. The van der Waals surface area contributed by atoms with Gasteiger partial charge in [0.25, 0.3) is 10.0 Å². The molecule has 0 aliphatic heterocycles. The van der Waals surface area contributed by atoms with E-state index < -0.39 is 16.0 Å². The van der Waals surface area contributed by atoms with Crippen LogP contribution in [-0.2, 0) is 14.8 Å². The molecule has 2 rings (SSSR count). The predicted molar refractivity (Wildman–Crippen MR) is 83.3 cm³/mol. The minimum Gasteiger partial charge on any atom is -0.464 e. The van der Waals surface area contributed by atoms with Gasteiger partial charge in [0.15, 0.2) is 9.90 Å². The summed E-state index contributed by atoms with van der Waals surface area (Å²) in [5.74, 6) is 0.221. The van der Waals surface area contributed by atoms with E-state index >= 15 is 0 Å². The van der Waals surface area contributed by atoms with Crippen LogP contribution in [0.2, 0.25) is 0 Å². The van der Waals surface area contributed by atoms with Crippen LogP contribution in [-0.4, -0.2) is 43.5 Å². The number of nitrogens with zero attached hydrogens (tertiary/aromatic N) is 1. The Hall–Kier alpha value is -0.640. The number of aromatic nitrogens is 1. The van der Waals surface area contributed by atoms with Crippen molar-refractivity contribution in [3.05, 3.63) is 11.2 Å². The quantitative estimate of drug-likeness (QED) is 0.789. The van der Waals surface area contributed by atoms with Gasteiger partial charge in [-0.25, -0.2) is 22.9 Å². The zero-order chi connectivity index (χ0) is 15.5. The van der Waals surface area contributed by atoms with Crippen molar-refractivity contribution in [1.29, 1.82) is 0 Å². The van der Waals surface area contributed by atoms with Crippen LogP contribution in [0, 0.1) is 0 Å². The van der Waals surface area contributed by atoms with E-state index in [0.717, 1.165) is 36.4 Å². The number of hydrogen-bond donors (Lipinski definition) is 1. The summed E-state index contributed by atoms with van der Waals surface area (Å²) in [5, 5.41) is 0.291. The minimum atomic E-state index is -3.75. The Labute approximate surface area is 132 Å². The lowest BCUT2D eigenvalue weighted by atomic mass is 10.3. The molecular formula is C12H18N2O4S3. The molecule has 1 aromatic heterocycles. The summed E-state index contributed by atoms with van der Waals surface area (Å²) < 4.78 is 32.2. The van der Waals surface area contributed by atoms with Gasteiger partial charge >= 0.3 is 5.97 Å². The highest BCUT2D eigenvalue weighted by Crippen LogP contribution is 2.31. The normalized spacial score (nSPS) is 22.4. The van der Waals surface area contributed by atoms with E-state index in [2.05, 4.69) is 21.4 Å². The van der Waals surface area contributed by atoms with Gasteiger partial charge in [-0.3, -0.25) is 0 Å². The van der Waals surface area contributed by atoms with Crippen LogP contribution in [0.1, 0.15) is 36.7 Å². The summed E-state index contributed by atoms with van der Waals surface area (Å²) in [6.07, 6.45) is 2.85. The van der Waals surface area contributed by atoms with Gasteiger partial charge in [0.1, 0.15) is 0 Å². The number of rotatable bonds is 6. The lowest BCUT2D eigenvalue weighted by Crippen LogP contribution is -2.39. The van der Waals surface area contributed by atoms with E-state index in [4.69, 9.17) is 0 Å². The van der Waals surface area contributed by atoms with Crippen LogP contribution in [0.25, 0.3) is 0 Å². The average molecular weight is 350 g/mol. The van der Waals surface area contributed by atoms with Gasteiger partial charge in [0.2, 0.25) is 0 Å². The topological polar surface area (TPSA) is 85.4 Å². The first-order valence-corrected chi connectivity index (χ1v) is 10.1. The highest BCUT2D eigenvalue weighted by Gasteiger charge is 2.34. The molecule has 1 aliphatic rings. The molecule has 1 N–H and O–H groups in total. The van der Waals surface area contributed by atoms with Crippen molar-refractivity contribution in [2.24, 2.45) is 0 Å². The van der Waals surface area contributed by atoms with Crippen LogP contribution >= 0.6 is 23.1 Å². The molecule has 1 saturated carbocycles. The molecule has 0 saturated heterocycles. The van der Waals surface area contributed by atoms with Crippen molar-refractivity contribution in [2.75, 3.05) is 12.9 Å². The van der Waals surface area contributed by atoms with Gasteiger partial charge < -0.3 is 4.74 Å². The molecule has 9 heteroatoms. The molecule has 0 spiro atoms. The lowest BCUT2D eigenvalue weighted by molar-refractivity contribution is 0.0590. The Morgan fingerprint density at radius 3 is 3.00 bits per heavy atom. The highest BCUT2D eigenvalue weighted by atomic mass is 32.2. The zero-order valence-corrected chi connectivity index (χ0v) is 14.3. The van der Waals surface area contributed by atoms with E-state index in [1.54, 1.807) is 11.8 Å². The maximum Gasteiger partial charge on any atom is 0.358 e. The number of nitrogens with one attached hydrogen (secondary N) is 1. The van der Waals surface area contributed by atoms with Gasteiger partial charge in [-0.1, -0.05) is 13.3 Å².